The van der Waals surface area contributed by atoms with Crippen LogP contribution in [0.15, 0.2) is 63.9 Å². The lowest BCUT2D eigenvalue weighted by Crippen LogP contribution is -2.27. The fourth-order valence-corrected chi connectivity index (χ4v) is 5.36. The summed E-state index contributed by atoms with van der Waals surface area (Å²) in [6.45, 7) is 0.751. The summed E-state index contributed by atoms with van der Waals surface area (Å²) >= 11 is 8.78. The number of hydrogen-bond acceptors (Lipinski definition) is 7. The summed E-state index contributed by atoms with van der Waals surface area (Å²) in [5.74, 6) is 1.24. The zero-order valence-electron chi connectivity index (χ0n) is 19.2. The van der Waals surface area contributed by atoms with E-state index in [-0.39, 0.29) is 17.2 Å². The lowest BCUT2D eigenvalue weighted by Gasteiger charge is -2.13. The van der Waals surface area contributed by atoms with Crippen molar-refractivity contribution in [2.75, 3.05) is 20.0 Å². The standard InChI is InChI=1S/C25H24ClN3O4S2/c1-32-20-8-7-16(13-21(20)33-2)9-11-29-24(31)23-19(10-12-34-23)28-25(29)35-15-22(30)27-14-17-5-3-4-6-18(17)26/h3-8,10,12-13H,9,11,14-15H2,1-2H3,(H,27,30). The Morgan fingerprint density at radius 1 is 1.14 bits per heavy atom. The molecule has 0 aliphatic rings. The molecule has 10 heteroatoms. The monoisotopic (exact) mass is 529 g/mol. The van der Waals surface area contributed by atoms with E-state index in [1.54, 1.807) is 24.9 Å². The Balaban J connectivity index is 1.49. The van der Waals surface area contributed by atoms with Crippen molar-refractivity contribution in [2.45, 2.75) is 24.7 Å². The van der Waals surface area contributed by atoms with Gasteiger partial charge in [-0.25, -0.2) is 4.98 Å². The number of carbonyl (C=O) groups excluding carboxylic acids is 1. The van der Waals surface area contributed by atoms with Gasteiger partial charge in [0.05, 0.1) is 25.5 Å². The average molecular weight is 530 g/mol. The number of aryl methyl sites for hydroxylation is 1. The summed E-state index contributed by atoms with van der Waals surface area (Å²) in [6, 6.07) is 14.9. The number of rotatable bonds is 10. The first kappa shape index (κ1) is 25.1. The molecule has 7 nitrogen and oxygen atoms in total. The molecule has 1 N–H and O–H groups in total. The summed E-state index contributed by atoms with van der Waals surface area (Å²) in [4.78, 5) is 30.4. The highest BCUT2D eigenvalue weighted by atomic mass is 35.5. The van der Waals surface area contributed by atoms with Crippen LogP contribution in [0.4, 0.5) is 0 Å². The Hall–Kier alpha value is -3.01. The lowest BCUT2D eigenvalue weighted by molar-refractivity contribution is -0.118. The first-order valence-corrected chi connectivity index (χ1v) is 13.1. The summed E-state index contributed by atoms with van der Waals surface area (Å²) in [5, 5.41) is 5.84. The van der Waals surface area contributed by atoms with Crippen LogP contribution >= 0.6 is 34.7 Å². The van der Waals surface area contributed by atoms with Gasteiger partial charge in [0.25, 0.3) is 5.56 Å². The van der Waals surface area contributed by atoms with Crippen molar-refractivity contribution in [2.24, 2.45) is 0 Å². The van der Waals surface area contributed by atoms with Crippen LogP contribution in [0.2, 0.25) is 5.02 Å². The first-order chi connectivity index (χ1) is 17.0. The summed E-state index contributed by atoms with van der Waals surface area (Å²) in [6.07, 6.45) is 0.588. The third-order valence-electron chi connectivity index (χ3n) is 5.37. The quantitative estimate of drug-likeness (QED) is 0.235. The number of nitrogens with zero attached hydrogens (tertiary/aromatic N) is 2. The molecule has 4 aromatic rings. The molecular formula is C25H24ClN3O4S2. The largest absolute Gasteiger partial charge is 0.493 e. The molecule has 0 radical (unpaired) electrons. The number of hydrogen-bond donors (Lipinski definition) is 1. The van der Waals surface area contributed by atoms with Crippen LogP contribution in [0.1, 0.15) is 11.1 Å². The molecule has 35 heavy (non-hydrogen) atoms. The van der Waals surface area contributed by atoms with Crippen molar-refractivity contribution in [3.05, 3.63) is 80.4 Å². The number of benzene rings is 2. The minimum absolute atomic E-state index is 0.107. The number of halogens is 1. The predicted octanol–water partition coefficient (Wildman–Crippen LogP) is 4.78. The zero-order valence-corrected chi connectivity index (χ0v) is 21.6. The number of methoxy groups -OCH3 is 2. The maximum Gasteiger partial charge on any atom is 0.272 e. The Bertz CT molecular complexity index is 1400. The number of ether oxygens (including phenoxy) is 2. The second-order valence-electron chi connectivity index (χ2n) is 7.58. The van der Waals surface area contributed by atoms with E-state index in [2.05, 4.69) is 10.3 Å². The molecule has 2 heterocycles. The fraction of sp³-hybridized carbons (Fsp3) is 0.240. The smallest absolute Gasteiger partial charge is 0.272 e. The van der Waals surface area contributed by atoms with Crippen molar-refractivity contribution in [3.63, 3.8) is 0 Å². The lowest BCUT2D eigenvalue weighted by atomic mass is 10.1. The third kappa shape index (κ3) is 5.98. The van der Waals surface area contributed by atoms with E-state index in [0.717, 1.165) is 11.1 Å². The van der Waals surface area contributed by atoms with E-state index in [4.69, 9.17) is 21.1 Å². The van der Waals surface area contributed by atoms with Crippen LogP contribution in [0.25, 0.3) is 10.2 Å². The van der Waals surface area contributed by atoms with Crippen molar-refractivity contribution >= 4 is 50.8 Å². The predicted molar refractivity (Wildman–Crippen MR) is 141 cm³/mol. The Morgan fingerprint density at radius 2 is 1.94 bits per heavy atom. The normalized spacial score (nSPS) is 10.9. The molecule has 0 bridgehead atoms. The van der Waals surface area contributed by atoms with Crippen LogP contribution < -0.4 is 20.3 Å². The highest BCUT2D eigenvalue weighted by molar-refractivity contribution is 7.99. The van der Waals surface area contributed by atoms with E-state index < -0.39 is 0 Å². The zero-order chi connectivity index (χ0) is 24.8. The number of thioether (sulfide) groups is 1. The highest BCUT2D eigenvalue weighted by Gasteiger charge is 2.15. The Labute approximate surface area is 216 Å². The number of nitrogens with one attached hydrogen (secondary N) is 1. The maximum absolute atomic E-state index is 13.2. The molecule has 2 aromatic heterocycles. The molecular weight excluding hydrogens is 506 g/mol. The molecule has 0 aliphatic carbocycles. The van der Waals surface area contributed by atoms with Gasteiger partial charge in [-0.3, -0.25) is 14.2 Å². The molecule has 0 fully saturated rings. The van der Waals surface area contributed by atoms with Gasteiger partial charge in [0, 0.05) is 18.1 Å². The molecule has 182 valence electrons. The molecule has 2 aromatic carbocycles. The van der Waals surface area contributed by atoms with Crippen molar-refractivity contribution in [3.8, 4) is 11.5 Å². The van der Waals surface area contributed by atoms with Gasteiger partial charge in [-0.1, -0.05) is 47.6 Å². The van der Waals surface area contributed by atoms with Gasteiger partial charge in [0.1, 0.15) is 4.70 Å². The second kappa shape index (κ2) is 11.6. The number of aromatic nitrogens is 2. The van der Waals surface area contributed by atoms with E-state index in [0.29, 0.717) is 51.4 Å². The number of amides is 1. The third-order valence-corrected chi connectivity index (χ3v) is 7.61. The van der Waals surface area contributed by atoms with Crippen molar-refractivity contribution in [1.82, 2.24) is 14.9 Å². The van der Waals surface area contributed by atoms with Gasteiger partial charge in [0.15, 0.2) is 16.7 Å². The van der Waals surface area contributed by atoms with Crippen LogP contribution in [-0.2, 0) is 24.3 Å². The van der Waals surface area contributed by atoms with Crippen LogP contribution in [0.3, 0.4) is 0 Å². The minimum Gasteiger partial charge on any atom is -0.493 e. The van der Waals surface area contributed by atoms with E-state index in [1.165, 1.54) is 23.1 Å². The first-order valence-electron chi connectivity index (χ1n) is 10.8. The van der Waals surface area contributed by atoms with E-state index in [9.17, 15) is 9.59 Å². The SMILES string of the molecule is COc1ccc(CCn2c(SCC(=O)NCc3ccccc3Cl)nc3ccsc3c2=O)cc1OC. The minimum atomic E-state index is -0.166. The molecule has 0 aliphatic heterocycles. The Kier molecular flexibility index (Phi) is 8.33. The van der Waals surface area contributed by atoms with E-state index in [1.807, 2.05) is 47.8 Å². The number of fused-ring (bicyclic) bond motifs is 1. The van der Waals surface area contributed by atoms with Gasteiger partial charge >= 0.3 is 0 Å². The number of carbonyl (C=O) groups is 1. The number of thiophene rings is 1. The van der Waals surface area contributed by atoms with E-state index >= 15 is 0 Å². The summed E-state index contributed by atoms with van der Waals surface area (Å²) < 4.78 is 12.9. The van der Waals surface area contributed by atoms with Crippen molar-refractivity contribution in [1.29, 1.82) is 0 Å². The summed E-state index contributed by atoms with van der Waals surface area (Å²) in [7, 11) is 3.18. The molecule has 0 saturated heterocycles. The molecule has 0 spiro atoms. The van der Waals surface area contributed by atoms with Gasteiger partial charge < -0.3 is 14.8 Å². The average Bonchev–Trinajstić information content (AvgIpc) is 3.35. The van der Waals surface area contributed by atoms with Gasteiger partial charge in [-0.2, -0.15) is 0 Å². The van der Waals surface area contributed by atoms with Crippen LogP contribution in [-0.4, -0.2) is 35.4 Å². The van der Waals surface area contributed by atoms with Gasteiger partial charge in [-0.05, 0) is 47.2 Å². The fourth-order valence-electron chi connectivity index (χ4n) is 3.52. The molecule has 0 unspecified atom stereocenters. The maximum atomic E-state index is 13.2. The Morgan fingerprint density at radius 3 is 2.71 bits per heavy atom. The van der Waals surface area contributed by atoms with Gasteiger partial charge in [0.2, 0.25) is 5.91 Å². The van der Waals surface area contributed by atoms with Crippen LogP contribution in [0, 0.1) is 0 Å². The molecule has 0 saturated carbocycles. The summed E-state index contributed by atoms with van der Waals surface area (Å²) in [5.41, 5.74) is 2.37. The highest BCUT2D eigenvalue weighted by Crippen LogP contribution is 2.28. The molecule has 1 amide bonds. The van der Waals surface area contributed by atoms with Gasteiger partial charge in [-0.15, -0.1) is 11.3 Å². The van der Waals surface area contributed by atoms with Crippen molar-refractivity contribution < 1.29 is 14.3 Å². The van der Waals surface area contributed by atoms with Crippen LogP contribution in [0.5, 0.6) is 11.5 Å². The topological polar surface area (TPSA) is 82.5 Å². The molecule has 4 rings (SSSR count). The second-order valence-corrected chi connectivity index (χ2v) is 9.85. The molecule has 0 atom stereocenters.